The number of nitrogens with one attached hydrogen (secondary N) is 1. The summed E-state index contributed by atoms with van der Waals surface area (Å²) < 4.78 is 1.79. The summed E-state index contributed by atoms with van der Waals surface area (Å²) in [6.45, 7) is 1.04. The van der Waals surface area contributed by atoms with Crippen molar-refractivity contribution in [2.45, 2.75) is 19.3 Å². The molecule has 2 heterocycles. The smallest absolute Gasteiger partial charge is 0.176 e. The van der Waals surface area contributed by atoms with Crippen LogP contribution in [0, 0.1) is 5.92 Å². The number of hydrogen-bond acceptors (Lipinski definition) is 3. The summed E-state index contributed by atoms with van der Waals surface area (Å²) in [6.07, 6.45) is 9.56. The van der Waals surface area contributed by atoms with Crippen LogP contribution in [0.2, 0.25) is 0 Å². The molecule has 3 rings (SSSR count). The molecule has 0 atom stereocenters. The molecule has 0 aliphatic heterocycles. The molecule has 1 aliphatic carbocycles. The summed E-state index contributed by atoms with van der Waals surface area (Å²) in [6, 6.07) is 5.92. The SMILES string of the molecule is c1cnc(-n2cccn2)c(NCC2CCC2)c1. The van der Waals surface area contributed by atoms with Crippen molar-refractivity contribution in [2.75, 3.05) is 11.9 Å². The van der Waals surface area contributed by atoms with Crippen LogP contribution in [-0.2, 0) is 0 Å². The van der Waals surface area contributed by atoms with Crippen LogP contribution in [0.1, 0.15) is 19.3 Å². The van der Waals surface area contributed by atoms with Crippen molar-refractivity contribution in [1.82, 2.24) is 14.8 Å². The lowest BCUT2D eigenvalue weighted by atomic mass is 9.85. The van der Waals surface area contributed by atoms with Gasteiger partial charge in [-0.05, 0) is 37.0 Å². The molecule has 1 fully saturated rings. The molecule has 0 radical (unpaired) electrons. The number of rotatable bonds is 4. The fourth-order valence-corrected chi connectivity index (χ4v) is 2.06. The van der Waals surface area contributed by atoms with E-state index < -0.39 is 0 Å². The maximum Gasteiger partial charge on any atom is 0.176 e. The molecule has 2 aromatic rings. The highest BCUT2D eigenvalue weighted by molar-refractivity contribution is 5.56. The molecular formula is C13H16N4. The van der Waals surface area contributed by atoms with Gasteiger partial charge in [-0.25, -0.2) is 9.67 Å². The zero-order chi connectivity index (χ0) is 11.5. The van der Waals surface area contributed by atoms with E-state index in [1.54, 1.807) is 17.1 Å². The lowest BCUT2D eigenvalue weighted by Crippen LogP contribution is -2.21. The molecule has 4 nitrogen and oxygen atoms in total. The highest BCUT2D eigenvalue weighted by atomic mass is 15.3. The van der Waals surface area contributed by atoms with Crippen LogP contribution in [-0.4, -0.2) is 21.3 Å². The summed E-state index contributed by atoms with van der Waals surface area (Å²) in [5, 5.41) is 7.70. The van der Waals surface area contributed by atoms with Crippen LogP contribution in [0.4, 0.5) is 5.69 Å². The van der Waals surface area contributed by atoms with E-state index >= 15 is 0 Å². The van der Waals surface area contributed by atoms with Gasteiger partial charge in [0.25, 0.3) is 0 Å². The highest BCUT2D eigenvalue weighted by Gasteiger charge is 2.17. The van der Waals surface area contributed by atoms with E-state index in [1.807, 2.05) is 18.3 Å². The van der Waals surface area contributed by atoms with Crippen molar-refractivity contribution >= 4 is 5.69 Å². The van der Waals surface area contributed by atoms with Crippen molar-refractivity contribution in [1.29, 1.82) is 0 Å². The fourth-order valence-electron chi connectivity index (χ4n) is 2.06. The van der Waals surface area contributed by atoms with Gasteiger partial charge in [0.05, 0.1) is 5.69 Å². The van der Waals surface area contributed by atoms with Gasteiger partial charge in [-0.3, -0.25) is 0 Å². The molecular weight excluding hydrogens is 212 g/mol. The summed E-state index contributed by atoms with van der Waals surface area (Å²) in [5.74, 6) is 1.71. The van der Waals surface area contributed by atoms with E-state index in [0.29, 0.717) is 0 Å². The first-order valence-corrected chi connectivity index (χ1v) is 6.12. The van der Waals surface area contributed by atoms with Crippen LogP contribution in [0.3, 0.4) is 0 Å². The van der Waals surface area contributed by atoms with E-state index in [9.17, 15) is 0 Å². The molecule has 2 aromatic heterocycles. The third kappa shape index (κ3) is 2.16. The number of anilines is 1. The van der Waals surface area contributed by atoms with Crippen molar-refractivity contribution in [2.24, 2.45) is 5.92 Å². The first kappa shape index (κ1) is 10.3. The van der Waals surface area contributed by atoms with Gasteiger partial charge in [0.2, 0.25) is 0 Å². The minimum Gasteiger partial charge on any atom is -0.382 e. The number of hydrogen-bond donors (Lipinski definition) is 1. The van der Waals surface area contributed by atoms with Crippen LogP contribution >= 0.6 is 0 Å². The third-order valence-electron chi connectivity index (χ3n) is 3.31. The first-order chi connectivity index (χ1) is 8.43. The van der Waals surface area contributed by atoms with Crippen molar-refractivity contribution in [3.63, 3.8) is 0 Å². The lowest BCUT2D eigenvalue weighted by molar-refractivity contribution is 0.333. The largest absolute Gasteiger partial charge is 0.382 e. The molecule has 1 aliphatic rings. The third-order valence-corrected chi connectivity index (χ3v) is 3.31. The quantitative estimate of drug-likeness (QED) is 0.874. The van der Waals surface area contributed by atoms with Gasteiger partial charge in [0.1, 0.15) is 0 Å². The minimum atomic E-state index is 0.834. The Labute approximate surface area is 101 Å². The molecule has 0 amide bonds. The molecule has 0 unspecified atom stereocenters. The minimum absolute atomic E-state index is 0.834. The van der Waals surface area contributed by atoms with Crippen LogP contribution in [0.5, 0.6) is 0 Å². The molecule has 0 saturated heterocycles. The predicted molar refractivity (Wildman–Crippen MR) is 67.2 cm³/mol. The summed E-state index contributed by atoms with van der Waals surface area (Å²) in [5.41, 5.74) is 1.06. The topological polar surface area (TPSA) is 42.7 Å². The van der Waals surface area contributed by atoms with Crippen molar-refractivity contribution in [3.05, 3.63) is 36.8 Å². The Morgan fingerprint density at radius 1 is 1.29 bits per heavy atom. The van der Waals surface area contributed by atoms with Gasteiger partial charge in [-0.1, -0.05) is 6.42 Å². The van der Waals surface area contributed by atoms with Gasteiger partial charge in [0.15, 0.2) is 5.82 Å². The monoisotopic (exact) mass is 228 g/mol. The summed E-state index contributed by atoms with van der Waals surface area (Å²) in [7, 11) is 0. The average molecular weight is 228 g/mol. The van der Waals surface area contributed by atoms with Gasteiger partial charge in [-0.15, -0.1) is 0 Å². The Morgan fingerprint density at radius 2 is 2.24 bits per heavy atom. The normalized spacial score (nSPS) is 15.5. The second-order valence-electron chi connectivity index (χ2n) is 4.50. The van der Waals surface area contributed by atoms with E-state index in [2.05, 4.69) is 21.5 Å². The second-order valence-corrected chi connectivity index (χ2v) is 4.50. The molecule has 17 heavy (non-hydrogen) atoms. The molecule has 4 heteroatoms. The van der Waals surface area contributed by atoms with E-state index in [1.165, 1.54) is 19.3 Å². The van der Waals surface area contributed by atoms with Crippen molar-refractivity contribution in [3.8, 4) is 5.82 Å². The van der Waals surface area contributed by atoms with Crippen LogP contribution in [0.15, 0.2) is 36.8 Å². The summed E-state index contributed by atoms with van der Waals surface area (Å²) >= 11 is 0. The van der Waals surface area contributed by atoms with Crippen molar-refractivity contribution < 1.29 is 0 Å². The Hall–Kier alpha value is -1.84. The van der Waals surface area contributed by atoms with Crippen LogP contribution in [0.25, 0.3) is 5.82 Å². The molecule has 1 saturated carbocycles. The number of aromatic nitrogens is 3. The standard InChI is InChI=1S/C13H16N4/c1-4-11(5-1)10-15-12-6-2-7-14-13(12)17-9-3-8-16-17/h2-3,6-9,11,15H,1,4-5,10H2. The first-order valence-electron chi connectivity index (χ1n) is 6.12. The second kappa shape index (κ2) is 4.57. The van der Waals surface area contributed by atoms with Gasteiger partial charge >= 0.3 is 0 Å². The predicted octanol–water partition coefficient (Wildman–Crippen LogP) is 2.48. The maximum absolute atomic E-state index is 4.38. The number of pyridine rings is 1. The van der Waals surface area contributed by atoms with E-state index in [-0.39, 0.29) is 0 Å². The van der Waals surface area contributed by atoms with Gasteiger partial charge in [0, 0.05) is 25.1 Å². The average Bonchev–Trinajstić information content (AvgIpc) is 2.81. The molecule has 1 N–H and O–H groups in total. The van der Waals surface area contributed by atoms with E-state index in [4.69, 9.17) is 0 Å². The van der Waals surface area contributed by atoms with Gasteiger partial charge < -0.3 is 5.32 Å². The molecule has 0 spiro atoms. The maximum atomic E-state index is 4.38. The molecule has 0 bridgehead atoms. The highest BCUT2D eigenvalue weighted by Crippen LogP contribution is 2.27. The lowest BCUT2D eigenvalue weighted by Gasteiger charge is -2.26. The summed E-state index contributed by atoms with van der Waals surface area (Å²) in [4.78, 5) is 4.38. The molecule has 88 valence electrons. The number of nitrogens with zero attached hydrogens (tertiary/aromatic N) is 3. The Kier molecular flexibility index (Phi) is 2.78. The Bertz CT molecular complexity index is 474. The van der Waals surface area contributed by atoms with Gasteiger partial charge in [-0.2, -0.15) is 5.10 Å². The van der Waals surface area contributed by atoms with E-state index in [0.717, 1.165) is 24.0 Å². The Morgan fingerprint density at radius 3 is 2.94 bits per heavy atom. The molecule has 0 aromatic carbocycles. The fraction of sp³-hybridized carbons (Fsp3) is 0.385. The zero-order valence-electron chi connectivity index (χ0n) is 9.71. The Balaban J connectivity index is 1.78. The zero-order valence-corrected chi connectivity index (χ0v) is 9.71. The van der Waals surface area contributed by atoms with Crippen LogP contribution < -0.4 is 5.32 Å².